The van der Waals surface area contributed by atoms with Crippen LogP contribution in [0.3, 0.4) is 0 Å². The summed E-state index contributed by atoms with van der Waals surface area (Å²) in [5.74, 6) is 0.411. The Morgan fingerprint density at radius 3 is 2.66 bits per heavy atom. The summed E-state index contributed by atoms with van der Waals surface area (Å²) in [4.78, 5) is 14.2. The molecular weight excluding hydrogens is 377 g/mol. The molecule has 8 nitrogen and oxygen atoms in total. The molecule has 0 saturated heterocycles. The molecule has 0 saturated carbocycles. The lowest BCUT2D eigenvalue weighted by atomic mass is 10.2. The van der Waals surface area contributed by atoms with Gasteiger partial charge in [0.25, 0.3) is 5.91 Å². The first kappa shape index (κ1) is 20.2. The normalized spacial score (nSPS) is 10.6. The zero-order valence-electron chi connectivity index (χ0n) is 16.5. The number of likely N-dealkylation sites (N-methyl/N-ethyl adjacent to an activating group) is 1. The predicted molar refractivity (Wildman–Crippen MR) is 104 cm³/mol. The summed E-state index contributed by atoms with van der Waals surface area (Å²) >= 11 is 0. The van der Waals surface area contributed by atoms with Gasteiger partial charge in [-0.25, -0.2) is 9.07 Å². The van der Waals surface area contributed by atoms with Crippen molar-refractivity contribution in [3.63, 3.8) is 0 Å². The Bertz CT molecular complexity index is 975. The Morgan fingerprint density at radius 1 is 1.17 bits per heavy atom. The van der Waals surface area contributed by atoms with Gasteiger partial charge in [0.15, 0.2) is 17.4 Å². The molecule has 29 heavy (non-hydrogen) atoms. The summed E-state index contributed by atoms with van der Waals surface area (Å²) in [7, 11) is 1.65. The summed E-state index contributed by atoms with van der Waals surface area (Å²) in [6.45, 7) is 4.60. The highest BCUT2D eigenvalue weighted by atomic mass is 19.1. The smallest absolute Gasteiger partial charge is 0.257 e. The fourth-order valence-electron chi connectivity index (χ4n) is 2.66. The van der Waals surface area contributed by atoms with Crippen LogP contribution < -0.4 is 9.47 Å². The van der Waals surface area contributed by atoms with E-state index in [9.17, 15) is 9.18 Å². The molecule has 9 heteroatoms. The van der Waals surface area contributed by atoms with Crippen LogP contribution in [0.15, 0.2) is 42.6 Å². The second-order valence-electron chi connectivity index (χ2n) is 6.22. The van der Waals surface area contributed by atoms with Crippen LogP contribution in [0.1, 0.15) is 23.0 Å². The Morgan fingerprint density at radius 2 is 1.97 bits per heavy atom. The van der Waals surface area contributed by atoms with Crippen LogP contribution in [0.4, 0.5) is 4.39 Å². The zero-order chi connectivity index (χ0) is 20.8. The maximum atomic E-state index is 13.6. The van der Waals surface area contributed by atoms with E-state index in [0.717, 1.165) is 0 Å². The highest BCUT2D eigenvalue weighted by Gasteiger charge is 2.19. The van der Waals surface area contributed by atoms with Crippen LogP contribution in [0, 0.1) is 12.7 Å². The van der Waals surface area contributed by atoms with Crippen molar-refractivity contribution in [3.8, 4) is 17.4 Å². The number of aromatic nitrogens is 4. The van der Waals surface area contributed by atoms with Crippen LogP contribution in [-0.2, 0) is 0 Å². The topological polar surface area (TPSA) is 82.4 Å². The van der Waals surface area contributed by atoms with Gasteiger partial charge in [-0.1, -0.05) is 12.1 Å². The Labute approximate surface area is 167 Å². The first-order valence-electron chi connectivity index (χ1n) is 9.15. The van der Waals surface area contributed by atoms with Gasteiger partial charge in [0, 0.05) is 13.1 Å². The van der Waals surface area contributed by atoms with Gasteiger partial charge in [0.1, 0.15) is 6.61 Å². The van der Waals surface area contributed by atoms with Crippen molar-refractivity contribution in [1.29, 1.82) is 0 Å². The van der Waals surface area contributed by atoms with Crippen molar-refractivity contribution < 1.29 is 18.7 Å². The molecule has 3 rings (SSSR count). The van der Waals surface area contributed by atoms with Crippen molar-refractivity contribution >= 4 is 5.91 Å². The highest BCUT2D eigenvalue weighted by Crippen LogP contribution is 2.17. The third-order valence-electron chi connectivity index (χ3n) is 4.24. The lowest BCUT2D eigenvalue weighted by Crippen LogP contribution is -2.31. The average Bonchev–Trinajstić information content (AvgIpc) is 3.11. The van der Waals surface area contributed by atoms with E-state index in [1.807, 2.05) is 6.92 Å². The van der Waals surface area contributed by atoms with E-state index in [-0.39, 0.29) is 18.3 Å². The van der Waals surface area contributed by atoms with E-state index in [1.165, 1.54) is 17.2 Å². The van der Waals surface area contributed by atoms with Crippen LogP contribution in [0.5, 0.6) is 11.6 Å². The molecule has 0 radical (unpaired) electrons. The van der Waals surface area contributed by atoms with E-state index < -0.39 is 5.82 Å². The van der Waals surface area contributed by atoms with Gasteiger partial charge in [-0.2, -0.15) is 5.10 Å². The fourth-order valence-corrected chi connectivity index (χ4v) is 2.66. The Kier molecular flexibility index (Phi) is 6.38. The highest BCUT2D eigenvalue weighted by molar-refractivity contribution is 5.95. The molecule has 152 valence electrons. The lowest BCUT2D eigenvalue weighted by molar-refractivity contribution is 0.0772. The number of amides is 1. The minimum atomic E-state index is -0.435. The van der Waals surface area contributed by atoms with Gasteiger partial charge in [-0.05, 0) is 32.0 Å². The molecule has 0 aliphatic rings. The van der Waals surface area contributed by atoms with Gasteiger partial charge >= 0.3 is 0 Å². The molecule has 1 aromatic carbocycles. The number of hydrogen-bond donors (Lipinski definition) is 0. The third kappa shape index (κ3) is 4.68. The number of halogens is 1. The molecular formula is C20H22FN5O3. The second-order valence-corrected chi connectivity index (χ2v) is 6.22. The summed E-state index contributed by atoms with van der Waals surface area (Å²) in [6.07, 6.45) is 1.49. The van der Waals surface area contributed by atoms with Crippen molar-refractivity contribution in [1.82, 2.24) is 24.9 Å². The first-order valence-corrected chi connectivity index (χ1v) is 9.15. The summed E-state index contributed by atoms with van der Waals surface area (Å²) < 4.78 is 25.8. The fraction of sp³-hybridized carbons (Fsp3) is 0.300. The molecule has 0 aliphatic heterocycles. The average molecular weight is 399 g/mol. The van der Waals surface area contributed by atoms with E-state index in [4.69, 9.17) is 9.47 Å². The third-order valence-corrected chi connectivity index (χ3v) is 4.24. The standard InChI is InChI=1S/C20H22FN5O3/c1-4-28-19-10-9-18(23-24-19)26-14(2)15(13-22-26)20(27)25(3)11-12-29-17-8-6-5-7-16(17)21/h5-10,13H,4,11-12H2,1-3H3. The van der Waals surface area contributed by atoms with Crippen LogP contribution >= 0.6 is 0 Å². The second kappa shape index (κ2) is 9.13. The Balaban J connectivity index is 1.64. The number of nitrogens with zero attached hydrogens (tertiary/aromatic N) is 5. The molecule has 0 aliphatic carbocycles. The zero-order valence-corrected chi connectivity index (χ0v) is 16.5. The Hall–Kier alpha value is -3.49. The van der Waals surface area contributed by atoms with Crippen molar-refractivity contribution in [2.45, 2.75) is 13.8 Å². The number of hydrogen-bond acceptors (Lipinski definition) is 6. The minimum absolute atomic E-state index is 0.159. The largest absolute Gasteiger partial charge is 0.489 e. The summed E-state index contributed by atoms with van der Waals surface area (Å²) in [5.41, 5.74) is 1.07. The monoisotopic (exact) mass is 399 g/mol. The number of rotatable bonds is 8. The van der Waals surface area contributed by atoms with E-state index >= 15 is 0 Å². The predicted octanol–water partition coefficient (Wildman–Crippen LogP) is 2.66. The van der Waals surface area contributed by atoms with E-state index in [0.29, 0.717) is 36.1 Å². The number of carbonyl (C=O) groups excluding carboxylic acids is 1. The molecule has 1 amide bonds. The van der Waals surface area contributed by atoms with Gasteiger partial charge in [-0.3, -0.25) is 4.79 Å². The molecule has 0 N–H and O–H groups in total. The quantitative estimate of drug-likeness (QED) is 0.579. The summed E-state index contributed by atoms with van der Waals surface area (Å²) in [6, 6.07) is 9.57. The first-order chi connectivity index (χ1) is 14.0. The molecule has 0 atom stereocenters. The SMILES string of the molecule is CCOc1ccc(-n2ncc(C(=O)N(C)CCOc3ccccc3F)c2C)nn1. The van der Waals surface area contributed by atoms with E-state index in [1.54, 1.807) is 49.0 Å². The van der Waals surface area contributed by atoms with Crippen LogP contribution in [0.2, 0.25) is 0 Å². The van der Waals surface area contributed by atoms with Gasteiger partial charge in [0.05, 0.1) is 30.6 Å². The number of carbonyl (C=O) groups is 1. The molecule has 0 bridgehead atoms. The van der Waals surface area contributed by atoms with Crippen molar-refractivity contribution in [2.75, 3.05) is 26.8 Å². The molecule has 3 aromatic rings. The van der Waals surface area contributed by atoms with Crippen molar-refractivity contribution in [3.05, 3.63) is 59.7 Å². The molecule has 2 aromatic heterocycles. The number of para-hydroxylation sites is 1. The molecule has 0 fully saturated rings. The number of benzene rings is 1. The van der Waals surface area contributed by atoms with Gasteiger partial charge < -0.3 is 14.4 Å². The van der Waals surface area contributed by atoms with Crippen LogP contribution in [0.25, 0.3) is 5.82 Å². The van der Waals surface area contributed by atoms with Crippen molar-refractivity contribution in [2.24, 2.45) is 0 Å². The van der Waals surface area contributed by atoms with E-state index in [2.05, 4.69) is 15.3 Å². The maximum absolute atomic E-state index is 13.6. The lowest BCUT2D eigenvalue weighted by Gasteiger charge is -2.17. The maximum Gasteiger partial charge on any atom is 0.257 e. The molecule has 0 unspecified atom stereocenters. The number of ether oxygens (including phenoxy) is 2. The minimum Gasteiger partial charge on any atom is -0.489 e. The molecule has 2 heterocycles. The van der Waals surface area contributed by atoms with Gasteiger partial charge in [-0.15, -0.1) is 10.2 Å². The van der Waals surface area contributed by atoms with Crippen LogP contribution in [-0.4, -0.2) is 57.6 Å². The van der Waals surface area contributed by atoms with Gasteiger partial charge in [0.2, 0.25) is 5.88 Å². The molecule has 0 spiro atoms. The summed E-state index contributed by atoms with van der Waals surface area (Å²) in [5, 5.41) is 12.3.